The molecule has 3 atom stereocenters. The molecular weight excluding hydrogens is 701 g/mol. The first-order valence-electron chi connectivity index (χ1n) is 18.6. The van der Waals surface area contributed by atoms with Gasteiger partial charge in [-0.3, -0.25) is 9.59 Å². The quantitative estimate of drug-likeness (QED) is 0.0589. The van der Waals surface area contributed by atoms with E-state index in [0.29, 0.717) is 28.4 Å². The summed E-state index contributed by atoms with van der Waals surface area (Å²) in [6.45, 7) is 4.98. The number of hydrogen-bond donors (Lipinski definition) is 4. The van der Waals surface area contributed by atoms with Gasteiger partial charge in [-0.05, 0) is 53.8 Å². The summed E-state index contributed by atoms with van der Waals surface area (Å²) in [4.78, 5) is 49.9. The number of benzene rings is 3. The zero-order chi connectivity index (χ0) is 38.3. The van der Waals surface area contributed by atoms with Crippen molar-refractivity contribution in [3.05, 3.63) is 124 Å². The van der Waals surface area contributed by atoms with E-state index in [2.05, 4.69) is 34.4 Å². The van der Waals surface area contributed by atoms with Gasteiger partial charge >= 0.3 is 5.97 Å². The van der Waals surface area contributed by atoms with E-state index in [0.717, 1.165) is 46.6 Å². The van der Waals surface area contributed by atoms with Gasteiger partial charge in [0.2, 0.25) is 5.91 Å². The van der Waals surface area contributed by atoms with Crippen molar-refractivity contribution < 1.29 is 29.3 Å². The Morgan fingerprint density at radius 3 is 2.11 bits per heavy atom. The number of aliphatic carboxylic acids is 1. The third-order valence-electron chi connectivity index (χ3n) is 9.03. The highest BCUT2D eigenvalue weighted by atomic mass is 32.1. The highest BCUT2D eigenvalue weighted by Gasteiger charge is 2.33. The number of aryl methyl sites for hydroxylation is 1. The number of aromatic nitrogens is 2. The average Bonchev–Trinajstić information content (AvgIpc) is 3.67. The van der Waals surface area contributed by atoms with Crippen molar-refractivity contribution in [2.75, 3.05) is 6.61 Å². The van der Waals surface area contributed by atoms with Crippen molar-refractivity contribution in [3.63, 3.8) is 0 Å². The van der Waals surface area contributed by atoms with Crippen LogP contribution in [0.4, 0.5) is 0 Å². The number of carboxylic acid groups (broad SMARTS) is 1. The molecule has 2 aromatic heterocycles. The summed E-state index contributed by atoms with van der Waals surface area (Å²) in [7, 11) is 0. The lowest BCUT2D eigenvalue weighted by Gasteiger charge is -2.24. The highest BCUT2D eigenvalue weighted by Crippen LogP contribution is 2.25. The van der Waals surface area contributed by atoms with Gasteiger partial charge in [0.1, 0.15) is 17.9 Å². The molecule has 0 fully saturated rings. The molecule has 0 aliphatic heterocycles. The summed E-state index contributed by atoms with van der Waals surface area (Å²) in [5.74, 6) is -1.22. The predicted octanol–water partition coefficient (Wildman–Crippen LogP) is 7.82. The lowest BCUT2D eigenvalue weighted by atomic mass is 10.00. The second kappa shape index (κ2) is 20.2. The predicted molar refractivity (Wildman–Crippen MR) is 211 cm³/mol. The number of nitrogens with zero attached hydrogens (tertiary/aromatic N) is 2. The number of hydrogen-bond acceptors (Lipinski definition) is 8. The minimum absolute atomic E-state index is 0.0666. The Morgan fingerprint density at radius 2 is 1.44 bits per heavy atom. The number of carbonyl (C=O) groups excluding carboxylic acids is 2. The maximum Gasteiger partial charge on any atom is 0.329 e. The molecule has 0 aliphatic rings. The third-order valence-corrected chi connectivity index (χ3v) is 10.2. The number of aliphatic hydroxyl groups is 1. The summed E-state index contributed by atoms with van der Waals surface area (Å²) < 4.78 is 5.89. The van der Waals surface area contributed by atoms with Gasteiger partial charge in [0.25, 0.3) is 5.91 Å². The van der Waals surface area contributed by atoms with Crippen molar-refractivity contribution in [1.82, 2.24) is 20.6 Å². The zero-order valence-electron chi connectivity index (χ0n) is 30.7. The summed E-state index contributed by atoms with van der Waals surface area (Å²) in [6, 6.07) is 24.3. The van der Waals surface area contributed by atoms with Crippen LogP contribution in [0, 0.1) is 0 Å². The summed E-state index contributed by atoms with van der Waals surface area (Å²) in [5, 5.41) is 26.1. The number of rotatable bonds is 20. The van der Waals surface area contributed by atoms with E-state index in [-0.39, 0.29) is 6.42 Å². The molecule has 0 radical (unpaired) electrons. The lowest BCUT2D eigenvalue weighted by molar-refractivity contribution is -0.145. The van der Waals surface area contributed by atoms with Crippen LogP contribution in [0.5, 0.6) is 5.75 Å². The van der Waals surface area contributed by atoms with Crippen molar-refractivity contribution >= 4 is 29.1 Å². The van der Waals surface area contributed by atoms with E-state index in [9.17, 15) is 24.6 Å². The molecule has 0 saturated heterocycles. The number of thiophene rings is 1. The van der Waals surface area contributed by atoms with E-state index in [4.69, 9.17) is 4.74 Å². The second-order valence-electron chi connectivity index (χ2n) is 13.2. The van der Waals surface area contributed by atoms with E-state index < -0.39 is 36.0 Å². The minimum Gasteiger partial charge on any atom is -0.494 e. The molecule has 5 aromatic rings. The molecule has 2 amide bonds. The molecule has 282 valence electrons. The van der Waals surface area contributed by atoms with Crippen molar-refractivity contribution in [2.45, 2.75) is 83.4 Å². The van der Waals surface area contributed by atoms with Gasteiger partial charge in [-0.25, -0.2) is 14.8 Å². The van der Waals surface area contributed by atoms with Crippen LogP contribution < -0.4 is 15.4 Å². The number of aliphatic hydroxyl groups excluding tert-OH is 1. The molecule has 0 saturated carbocycles. The zero-order valence-corrected chi connectivity index (χ0v) is 31.6. The van der Waals surface area contributed by atoms with Crippen LogP contribution in [0.2, 0.25) is 0 Å². The van der Waals surface area contributed by atoms with E-state index in [1.54, 1.807) is 48.8 Å². The molecule has 11 heteroatoms. The topological polar surface area (TPSA) is 151 Å². The van der Waals surface area contributed by atoms with Crippen LogP contribution in [0.1, 0.15) is 84.2 Å². The first-order valence-corrected chi connectivity index (χ1v) is 19.4. The number of amides is 2. The van der Waals surface area contributed by atoms with Crippen molar-refractivity contribution in [1.29, 1.82) is 0 Å². The van der Waals surface area contributed by atoms with Crippen LogP contribution in [-0.4, -0.2) is 56.7 Å². The SMILES string of the molecule is CCCCCCCOc1ccc(-c2cnc(-c3ccc(C[C@H](NC(=O)c4ccc(CCC)s4)C(=O)NC(C(=O)O)C(O)c4ccccc4)cc3)nc2)cc1. The number of unbranched alkanes of at least 4 members (excludes halogenated alkanes) is 4. The molecule has 4 N–H and O–H groups in total. The fourth-order valence-corrected chi connectivity index (χ4v) is 7.00. The standard InChI is InChI=1S/C43H48N4O6S/c1-3-5-6-7-11-25-53-34-21-19-30(20-22-34)33-27-44-40(45-28-33)32-17-15-29(16-18-32)26-36(46-42(50)37-24-23-35(54-37)12-4-2)41(49)47-38(43(51)52)39(48)31-13-9-8-10-14-31/h8-10,13-24,27-28,36,38-39,48H,3-7,11-12,25-26H2,1-2H3,(H,46,50)(H,47,49)(H,51,52)/t36-,38?,39?/m0/s1. The monoisotopic (exact) mass is 748 g/mol. The Kier molecular flexibility index (Phi) is 14.9. The largest absolute Gasteiger partial charge is 0.494 e. The van der Waals surface area contributed by atoms with E-state index in [1.165, 1.54) is 37.0 Å². The van der Waals surface area contributed by atoms with E-state index >= 15 is 0 Å². The fraction of sp³-hybridized carbons (Fsp3) is 0.326. The lowest BCUT2D eigenvalue weighted by Crippen LogP contribution is -2.54. The van der Waals surface area contributed by atoms with Gasteiger partial charge in [0.15, 0.2) is 11.9 Å². The highest BCUT2D eigenvalue weighted by molar-refractivity contribution is 7.14. The van der Waals surface area contributed by atoms with Gasteiger partial charge in [-0.1, -0.05) is 113 Å². The molecule has 3 aromatic carbocycles. The van der Waals surface area contributed by atoms with Gasteiger partial charge < -0.3 is 25.6 Å². The van der Waals surface area contributed by atoms with Gasteiger partial charge in [-0.2, -0.15) is 0 Å². The van der Waals surface area contributed by atoms with Crippen molar-refractivity contribution in [3.8, 4) is 28.3 Å². The number of ether oxygens (including phenoxy) is 1. The molecule has 0 spiro atoms. The maximum absolute atomic E-state index is 13.7. The number of carboxylic acids is 1. The Labute approximate surface area is 320 Å². The Bertz CT molecular complexity index is 1930. The molecular formula is C43H48N4O6S. The third kappa shape index (κ3) is 11.3. The van der Waals surface area contributed by atoms with E-state index in [1.807, 2.05) is 54.6 Å². The van der Waals surface area contributed by atoms with Gasteiger partial charge in [0, 0.05) is 34.8 Å². The van der Waals surface area contributed by atoms with Crippen molar-refractivity contribution in [2.24, 2.45) is 0 Å². The molecule has 0 bridgehead atoms. The number of nitrogens with one attached hydrogen (secondary N) is 2. The maximum atomic E-state index is 13.7. The van der Waals surface area contributed by atoms with Gasteiger partial charge in [0.05, 0.1) is 11.5 Å². The normalized spacial score (nSPS) is 12.7. The Morgan fingerprint density at radius 1 is 0.759 bits per heavy atom. The Balaban J connectivity index is 1.26. The number of carbonyl (C=O) groups is 3. The first-order chi connectivity index (χ1) is 26.2. The van der Waals surface area contributed by atoms with Gasteiger partial charge in [-0.15, -0.1) is 11.3 Å². The summed E-state index contributed by atoms with van der Waals surface area (Å²) >= 11 is 1.35. The Hall–Kier alpha value is -5.39. The summed E-state index contributed by atoms with van der Waals surface area (Å²) in [6.07, 6.45) is 9.83. The molecule has 54 heavy (non-hydrogen) atoms. The average molecular weight is 749 g/mol. The van der Waals surface area contributed by atoms with Crippen LogP contribution >= 0.6 is 11.3 Å². The summed E-state index contributed by atoms with van der Waals surface area (Å²) in [5.41, 5.74) is 3.66. The van der Waals surface area contributed by atoms with Crippen LogP contribution in [0.25, 0.3) is 22.5 Å². The first kappa shape index (κ1) is 39.8. The molecule has 2 heterocycles. The smallest absolute Gasteiger partial charge is 0.329 e. The second-order valence-corrected chi connectivity index (χ2v) is 14.4. The fourth-order valence-electron chi connectivity index (χ4n) is 5.98. The minimum atomic E-state index is -1.64. The molecule has 10 nitrogen and oxygen atoms in total. The molecule has 5 rings (SSSR count). The van der Waals surface area contributed by atoms with Crippen LogP contribution in [0.15, 0.2) is 103 Å². The molecule has 0 aliphatic carbocycles. The van der Waals surface area contributed by atoms with Crippen LogP contribution in [0.3, 0.4) is 0 Å². The van der Waals surface area contributed by atoms with Crippen LogP contribution in [-0.2, 0) is 22.4 Å². The molecule has 2 unspecified atom stereocenters.